The van der Waals surface area contributed by atoms with E-state index in [-0.39, 0.29) is 36.9 Å². The molecule has 4 nitrogen and oxygen atoms in total. The summed E-state index contributed by atoms with van der Waals surface area (Å²) in [5, 5.41) is 0. The molecule has 0 radical (unpaired) electrons. The Morgan fingerprint density at radius 3 is 2.15 bits per heavy atom. The molecule has 2 saturated heterocycles. The van der Waals surface area contributed by atoms with Gasteiger partial charge in [0.25, 0.3) is 0 Å². The summed E-state index contributed by atoms with van der Waals surface area (Å²) in [6, 6.07) is 11.3. The Hall–Kier alpha value is -2.59. The molecule has 2 aliphatic heterocycles. The van der Waals surface area contributed by atoms with Gasteiger partial charge in [-0.3, -0.25) is 9.69 Å². The fraction of sp³-hybridized carbons (Fsp3) is 0.567. The van der Waals surface area contributed by atoms with Crippen molar-refractivity contribution >= 4 is 5.91 Å². The van der Waals surface area contributed by atoms with Crippen LogP contribution in [0.5, 0.6) is 0 Å². The lowest BCUT2D eigenvalue weighted by Crippen LogP contribution is -2.50. The summed E-state index contributed by atoms with van der Waals surface area (Å²) >= 11 is 0. The van der Waals surface area contributed by atoms with E-state index in [2.05, 4.69) is 9.80 Å². The van der Waals surface area contributed by atoms with Crippen LogP contribution in [-0.2, 0) is 23.6 Å². The molecule has 0 aromatic heterocycles. The van der Waals surface area contributed by atoms with Crippen molar-refractivity contribution in [1.29, 1.82) is 0 Å². The fourth-order valence-corrected chi connectivity index (χ4v) is 6.00. The molecule has 0 spiro atoms. The predicted octanol–water partition coefficient (Wildman–Crippen LogP) is 6.81. The number of carbonyl (C=O) groups is 1. The number of likely N-dealkylation sites (tertiary alicyclic amines) is 2. The summed E-state index contributed by atoms with van der Waals surface area (Å²) in [6.45, 7) is 4.00. The molecule has 2 aromatic rings. The molecule has 0 saturated carbocycles. The highest BCUT2D eigenvalue weighted by atomic mass is 19.4. The van der Waals surface area contributed by atoms with Gasteiger partial charge < -0.3 is 9.80 Å². The van der Waals surface area contributed by atoms with Gasteiger partial charge in [0, 0.05) is 32.7 Å². The maximum atomic E-state index is 13.7. The minimum Gasteiger partial charge on any atom is -0.344 e. The van der Waals surface area contributed by atoms with Gasteiger partial charge in [-0.25, -0.2) is 0 Å². The number of aryl methyl sites for hydroxylation is 1. The first kappa shape index (κ1) is 30.4. The second-order valence-corrected chi connectivity index (χ2v) is 10.9. The SMILES string of the molecule is CN(CCCc1ccc(C(F)(F)F)cc1C(F)(F)F)C(=O)C(c1ccccc1)N1CCC(N2CCCCC2)CC1. The molecule has 10 heteroatoms. The molecule has 0 aliphatic carbocycles. The van der Waals surface area contributed by atoms with Crippen LogP contribution < -0.4 is 0 Å². The van der Waals surface area contributed by atoms with Gasteiger partial charge in [0.1, 0.15) is 6.04 Å². The van der Waals surface area contributed by atoms with Gasteiger partial charge in [-0.1, -0.05) is 42.8 Å². The lowest BCUT2D eigenvalue weighted by molar-refractivity contribution is -0.143. The van der Waals surface area contributed by atoms with Crippen LogP contribution >= 0.6 is 0 Å². The van der Waals surface area contributed by atoms with E-state index in [1.54, 1.807) is 7.05 Å². The summed E-state index contributed by atoms with van der Waals surface area (Å²) in [7, 11) is 1.64. The average molecular weight is 570 g/mol. The Morgan fingerprint density at radius 2 is 1.55 bits per heavy atom. The fourth-order valence-electron chi connectivity index (χ4n) is 6.00. The molecule has 1 atom stereocenters. The third-order valence-electron chi connectivity index (χ3n) is 8.18. The number of likely N-dealkylation sites (N-methyl/N-ethyl adjacent to an activating group) is 1. The third kappa shape index (κ3) is 7.57. The highest BCUT2D eigenvalue weighted by molar-refractivity contribution is 5.83. The maximum Gasteiger partial charge on any atom is 0.416 e. The monoisotopic (exact) mass is 569 g/mol. The minimum atomic E-state index is -4.91. The first-order valence-electron chi connectivity index (χ1n) is 14.0. The van der Waals surface area contributed by atoms with Crippen molar-refractivity contribution in [1.82, 2.24) is 14.7 Å². The van der Waals surface area contributed by atoms with Crippen molar-refractivity contribution in [3.05, 3.63) is 70.8 Å². The summed E-state index contributed by atoms with van der Waals surface area (Å²) in [4.78, 5) is 20.0. The number of hydrogen-bond acceptors (Lipinski definition) is 3. The van der Waals surface area contributed by atoms with Gasteiger partial charge in [-0.2, -0.15) is 26.3 Å². The molecule has 0 bridgehead atoms. The number of hydrogen-bond donors (Lipinski definition) is 0. The zero-order valence-electron chi connectivity index (χ0n) is 22.8. The van der Waals surface area contributed by atoms with Crippen molar-refractivity contribution in [3.63, 3.8) is 0 Å². The van der Waals surface area contributed by atoms with Crippen LogP contribution in [0.2, 0.25) is 0 Å². The number of alkyl halides is 6. The lowest BCUT2D eigenvalue weighted by atomic mass is 9.96. The Morgan fingerprint density at radius 1 is 0.900 bits per heavy atom. The summed E-state index contributed by atoms with van der Waals surface area (Å²) < 4.78 is 79.6. The summed E-state index contributed by atoms with van der Waals surface area (Å²) in [6.07, 6.45) is -3.97. The predicted molar refractivity (Wildman–Crippen MR) is 142 cm³/mol. The van der Waals surface area contributed by atoms with E-state index in [1.165, 1.54) is 24.2 Å². The second kappa shape index (κ2) is 12.9. The average Bonchev–Trinajstić information content (AvgIpc) is 2.93. The van der Waals surface area contributed by atoms with Crippen molar-refractivity contribution in [2.24, 2.45) is 0 Å². The Bertz CT molecular complexity index is 1110. The Kier molecular flexibility index (Phi) is 9.82. The van der Waals surface area contributed by atoms with E-state index in [0.717, 1.165) is 50.7 Å². The van der Waals surface area contributed by atoms with E-state index in [9.17, 15) is 31.1 Å². The van der Waals surface area contributed by atoms with Crippen LogP contribution in [0.3, 0.4) is 0 Å². The Labute approximate surface area is 231 Å². The highest BCUT2D eigenvalue weighted by Gasteiger charge is 2.38. The summed E-state index contributed by atoms with van der Waals surface area (Å²) in [5.74, 6) is -0.133. The molecule has 4 rings (SSSR count). The van der Waals surface area contributed by atoms with Gasteiger partial charge >= 0.3 is 12.4 Å². The first-order valence-corrected chi connectivity index (χ1v) is 14.0. The number of carbonyl (C=O) groups excluding carboxylic acids is 1. The number of halogens is 6. The van der Waals surface area contributed by atoms with Gasteiger partial charge in [-0.15, -0.1) is 0 Å². The lowest BCUT2D eigenvalue weighted by Gasteiger charge is -2.43. The first-order chi connectivity index (χ1) is 18.9. The Balaban J connectivity index is 1.41. The standard InChI is InChI=1S/C30H37F6N3O/c1-37(16-8-11-22-12-13-24(29(31,32)33)21-26(22)30(34,35)36)28(40)27(23-9-4-2-5-10-23)39-19-14-25(15-20-39)38-17-6-3-7-18-38/h2,4-5,9-10,12-13,21,25,27H,3,6-8,11,14-20H2,1H3. The molecule has 1 unspecified atom stereocenters. The molecule has 2 aliphatic rings. The number of nitrogens with zero attached hydrogens (tertiary/aromatic N) is 3. The van der Waals surface area contributed by atoms with Crippen molar-refractivity contribution in [2.75, 3.05) is 39.8 Å². The molecule has 2 heterocycles. The quantitative estimate of drug-likeness (QED) is 0.327. The van der Waals surface area contributed by atoms with Crippen molar-refractivity contribution < 1.29 is 31.1 Å². The van der Waals surface area contributed by atoms with Crippen LogP contribution in [-0.4, -0.2) is 66.4 Å². The number of rotatable bonds is 8. The van der Waals surface area contributed by atoms with E-state index in [1.807, 2.05) is 30.3 Å². The molecule has 40 heavy (non-hydrogen) atoms. The number of piperidine rings is 2. The summed E-state index contributed by atoms with van der Waals surface area (Å²) in [5.41, 5.74) is -1.95. The zero-order valence-corrected chi connectivity index (χ0v) is 22.8. The van der Waals surface area contributed by atoms with Crippen molar-refractivity contribution in [3.8, 4) is 0 Å². The van der Waals surface area contributed by atoms with Crippen molar-refractivity contribution in [2.45, 2.75) is 69.4 Å². The van der Waals surface area contributed by atoms with Crippen LogP contribution in [0, 0.1) is 0 Å². The van der Waals surface area contributed by atoms with Gasteiger partial charge in [0.05, 0.1) is 11.1 Å². The molecule has 0 N–H and O–H groups in total. The van der Waals surface area contributed by atoms with Crippen LogP contribution in [0.15, 0.2) is 48.5 Å². The highest BCUT2D eigenvalue weighted by Crippen LogP contribution is 2.38. The minimum absolute atomic E-state index is 0.0954. The topological polar surface area (TPSA) is 26.8 Å². The van der Waals surface area contributed by atoms with E-state index in [0.29, 0.717) is 12.1 Å². The molecule has 1 amide bonds. The van der Waals surface area contributed by atoms with Gasteiger partial charge in [0.2, 0.25) is 5.91 Å². The maximum absolute atomic E-state index is 13.7. The zero-order chi connectivity index (χ0) is 28.9. The van der Waals surface area contributed by atoms with Crippen LogP contribution in [0.25, 0.3) is 0 Å². The third-order valence-corrected chi connectivity index (χ3v) is 8.18. The number of amides is 1. The smallest absolute Gasteiger partial charge is 0.344 e. The molecule has 2 aromatic carbocycles. The normalized spacial score (nSPS) is 19.0. The van der Waals surface area contributed by atoms with Gasteiger partial charge in [0.15, 0.2) is 0 Å². The second-order valence-electron chi connectivity index (χ2n) is 10.9. The van der Waals surface area contributed by atoms with Gasteiger partial charge in [-0.05, 0) is 74.9 Å². The van der Waals surface area contributed by atoms with E-state index in [4.69, 9.17) is 0 Å². The molecular weight excluding hydrogens is 532 g/mol. The molecule has 2 fully saturated rings. The number of benzene rings is 2. The largest absolute Gasteiger partial charge is 0.416 e. The molecule has 220 valence electrons. The molecular formula is C30H37F6N3O. The van der Waals surface area contributed by atoms with Crippen LogP contribution in [0.1, 0.15) is 66.8 Å². The van der Waals surface area contributed by atoms with Crippen LogP contribution in [0.4, 0.5) is 26.3 Å². The van der Waals surface area contributed by atoms with E-state index >= 15 is 0 Å². The van der Waals surface area contributed by atoms with E-state index < -0.39 is 29.5 Å².